The van der Waals surface area contributed by atoms with E-state index in [9.17, 15) is 17.2 Å². The lowest BCUT2D eigenvalue weighted by Crippen LogP contribution is -2.46. The average molecular weight is 406 g/mol. The van der Waals surface area contributed by atoms with Crippen molar-refractivity contribution < 1.29 is 17.2 Å². The number of unbranched alkanes of at least 4 members (excludes halogenated alkanes) is 1. The molecule has 1 aliphatic heterocycles. The number of para-hydroxylation sites is 1. The minimum absolute atomic E-state index is 0.0488. The highest BCUT2D eigenvalue weighted by atomic mass is 32.2. The molecule has 0 saturated heterocycles. The number of rotatable bonds is 6. The van der Waals surface area contributed by atoms with Crippen LogP contribution in [0, 0.1) is 18.2 Å². The molecular formula is C19H20F2N4O2S. The summed E-state index contributed by atoms with van der Waals surface area (Å²) in [5, 5.41) is 3.00. The summed E-state index contributed by atoms with van der Waals surface area (Å²) in [4.78, 5) is 3.37. The van der Waals surface area contributed by atoms with Gasteiger partial charge in [0.15, 0.2) is 17.3 Å². The molecule has 0 radical (unpaired) electrons. The van der Waals surface area contributed by atoms with Gasteiger partial charge in [0.1, 0.15) is 5.69 Å². The number of hydrogen-bond acceptors (Lipinski definition) is 3. The molecular weight excluding hydrogens is 386 g/mol. The Morgan fingerprint density at radius 3 is 2.54 bits per heavy atom. The number of nitrogens with zero attached hydrogens (tertiary/aromatic N) is 3. The third kappa shape index (κ3) is 3.71. The van der Waals surface area contributed by atoms with Crippen molar-refractivity contribution in [3.8, 4) is 0 Å². The second-order valence-corrected chi connectivity index (χ2v) is 8.19. The maximum atomic E-state index is 14.5. The summed E-state index contributed by atoms with van der Waals surface area (Å²) in [5.41, 5.74) is 0.379. The first-order valence-corrected chi connectivity index (χ1v) is 10.2. The van der Waals surface area contributed by atoms with Gasteiger partial charge in [-0.2, -0.15) is 12.7 Å². The van der Waals surface area contributed by atoms with Gasteiger partial charge in [0, 0.05) is 13.1 Å². The zero-order chi connectivity index (χ0) is 20.3. The van der Waals surface area contributed by atoms with E-state index in [-0.39, 0.29) is 18.8 Å². The van der Waals surface area contributed by atoms with E-state index >= 15 is 0 Å². The molecule has 0 fully saturated rings. The predicted molar refractivity (Wildman–Crippen MR) is 104 cm³/mol. The van der Waals surface area contributed by atoms with Gasteiger partial charge in [-0.1, -0.05) is 12.1 Å². The van der Waals surface area contributed by atoms with Crippen molar-refractivity contribution in [2.24, 2.45) is 0 Å². The Morgan fingerprint density at radius 2 is 1.89 bits per heavy atom. The highest BCUT2D eigenvalue weighted by Gasteiger charge is 2.39. The van der Waals surface area contributed by atoms with Crippen molar-refractivity contribution in [2.75, 3.05) is 24.4 Å². The molecule has 0 unspecified atom stereocenters. The van der Waals surface area contributed by atoms with Crippen LogP contribution in [0.3, 0.4) is 0 Å². The van der Waals surface area contributed by atoms with Gasteiger partial charge in [-0.25, -0.2) is 17.9 Å². The van der Waals surface area contributed by atoms with Crippen LogP contribution in [0.15, 0.2) is 36.4 Å². The van der Waals surface area contributed by atoms with Crippen molar-refractivity contribution in [2.45, 2.75) is 19.4 Å². The Labute approximate surface area is 163 Å². The largest absolute Gasteiger partial charge is 0.320 e. The lowest BCUT2D eigenvalue weighted by atomic mass is 10.1. The number of fused-ring (bicyclic) bond motifs is 1. The van der Waals surface area contributed by atoms with Crippen molar-refractivity contribution in [1.29, 1.82) is 0 Å². The van der Waals surface area contributed by atoms with Gasteiger partial charge in [-0.05, 0) is 56.3 Å². The highest BCUT2D eigenvalue weighted by Crippen LogP contribution is 2.41. The Hall–Kier alpha value is -2.54. The van der Waals surface area contributed by atoms with E-state index in [1.165, 1.54) is 22.5 Å². The summed E-state index contributed by atoms with van der Waals surface area (Å²) in [6.07, 6.45) is 1.34. The second-order valence-electron chi connectivity index (χ2n) is 6.41. The summed E-state index contributed by atoms with van der Waals surface area (Å²) in [7, 11) is -2.39. The molecule has 1 aliphatic rings. The van der Waals surface area contributed by atoms with E-state index < -0.39 is 27.5 Å². The molecule has 0 atom stereocenters. The number of halogens is 2. The summed E-state index contributed by atoms with van der Waals surface area (Å²) in [6.45, 7) is 8.17. The van der Waals surface area contributed by atoms with Crippen LogP contribution >= 0.6 is 0 Å². The van der Waals surface area contributed by atoms with E-state index in [4.69, 9.17) is 6.57 Å². The SMILES string of the molecule is [C-]#[N+]c1ccc2c(c1)CN(CCCCNC)S(=O)(=O)N2c1c(F)cccc1F. The highest BCUT2D eigenvalue weighted by molar-refractivity contribution is 7.90. The lowest BCUT2D eigenvalue weighted by Gasteiger charge is -2.37. The minimum atomic E-state index is -4.19. The lowest BCUT2D eigenvalue weighted by molar-refractivity contribution is 0.388. The van der Waals surface area contributed by atoms with Crippen LogP contribution in [-0.2, 0) is 16.8 Å². The topological polar surface area (TPSA) is 57.0 Å². The molecule has 2 aromatic rings. The summed E-state index contributed by atoms with van der Waals surface area (Å²) >= 11 is 0. The van der Waals surface area contributed by atoms with Crippen LogP contribution in [0.4, 0.5) is 25.8 Å². The molecule has 9 heteroatoms. The first-order valence-electron chi connectivity index (χ1n) is 8.79. The fraction of sp³-hybridized carbons (Fsp3) is 0.316. The minimum Gasteiger partial charge on any atom is -0.320 e. The van der Waals surface area contributed by atoms with Gasteiger partial charge in [0.05, 0.1) is 12.3 Å². The molecule has 28 heavy (non-hydrogen) atoms. The van der Waals surface area contributed by atoms with Crippen molar-refractivity contribution in [1.82, 2.24) is 9.62 Å². The Balaban J connectivity index is 2.12. The van der Waals surface area contributed by atoms with Crippen molar-refractivity contribution >= 4 is 27.3 Å². The summed E-state index contributed by atoms with van der Waals surface area (Å²) in [6, 6.07) is 7.65. The average Bonchev–Trinajstić information content (AvgIpc) is 2.66. The summed E-state index contributed by atoms with van der Waals surface area (Å²) < 4.78 is 57.3. The molecule has 0 amide bonds. The quantitative estimate of drug-likeness (QED) is 0.588. The van der Waals surface area contributed by atoms with Gasteiger partial charge in [-0.15, -0.1) is 0 Å². The number of nitrogens with one attached hydrogen (secondary N) is 1. The molecule has 0 spiro atoms. The zero-order valence-corrected chi connectivity index (χ0v) is 16.1. The monoisotopic (exact) mass is 406 g/mol. The first kappa shape index (κ1) is 20.2. The number of hydrogen-bond donors (Lipinski definition) is 1. The van der Waals surface area contributed by atoms with Gasteiger partial charge >= 0.3 is 10.2 Å². The number of anilines is 2. The fourth-order valence-corrected chi connectivity index (χ4v) is 4.91. The van der Waals surface area contributed by atoms with E-state index in [0.717, 1.165) is 25.1 Å². The van der Waals surface area contributed by atoms with E-state index in [1.54, 1.807) is 6.07 Å². The van der Waals surface area contributed by atoms with E-state index in [0.29, 0.717) is 22.0 Å². The fourth-order valence-electron chi connectivity index (χ4n) is 3.18. The van der Waals surface area contributed by atoms with Crippen LogP contribution < -0.4 is 9.62 Å². The Kier molecular flexibility index (Phi) is 5.93. The van der Waals surface area contributed by atoms with Crippen LogP contribution in [-0.4, -0.2) is 32.9 Å². The maximum Gasteiger partial charge on any atom is 0.308 e. The molecule has 148 valence electrons. The van der Waals surface area contributed by atoms with Gasteiger partial charge in [0.2, 0.25) is 0 Å². The number of benzene rings is 2. The smallest absolute Gasteiger partial charge is 0.308 e. The standard InChI is InChI=1S/C19H20F2N4O2S/c1-22-10-3-4-11-24-13-14-12-15(23-2)8-9-18(14)25(28(24,26)27)19-16(20)6-5-7-17(19)21/h5-9,12,22H,3-4,10-11,13H2,1H3. The van der Waals surface area contributed by atoms with Gasteiger partial charge in [-0.3, -0.25) is 0 Å². The molecule has 2 aromatic carbocycles. The van der Waals surface area contributed by atoms with Crippen molar-refractivity contribution in [3.63, 3.8) is 0 Å². The van der Waals surface area contributed by atoms with Crippen LogP contribution in [0.1, 0.15) is 18.4 Å². The van der Waals surface area contributed by atoms with Gasteiger partial charge in [0.25, 0.3) is 0 Å². The predicted octanol–water partition coefficient (Wildman–Crippen LogP) is 3.71. The third-order valence-corrected chi connectivity index (χ3v) is 6.34. The molecule has 0 bridgehead atoms. The Bertz CT molecular complexity index is 1000. The van der Waals surface area contributed by atoms with Crippen molar-refractivity contribution in [3.05, 3.63) is 65.0 Å². The summed E-state index contributed by atoms with van der Waals surface area (Å²) in [5.74, 6) is -1.94. The van der Waals surface area contributed by atoms with Gasteiger partial charge < -0.3 is 5.32 Å². The molecule has 0 aliphatic carbocycles. The molecule has 0 aromatic heterocycles. The molecule has 3 rings (SSSR count). The van der Waals surface area contributed by atoms with Crippen LogP contribution in [0.5, 0.6) is 0 Å². The normalized spacial score (nSPS) is 15.9. The Morgan fingerprint density at radius 1 is 1.18 bits per heavy atom. The molecule has 0 saturated carbocycles. The first-order chi connectivity index (χ1) is 13.4. The van der Waals surface area contributed by atoms with E-state index in [2.05, 4.69) is 10.2 Å². The van der Waals surface area contributed by atoms with Crippen LogP contribution in [0.25, 0.3) is 4.85 Å². The molecule has 1 heterocycles. The zero-order valence-electron chi connectivity index (χ0n) is 15.3. The molecule has 6 nitrogen and oxygen atoms in total. The maximum absolute atomic E-state index is 14.5. The second kappa shape index (κ2) is 8.22. The molecule has 1 N–H and O–H groups in total. The van der Waals surface area contributed by atoms with E-state index in [1.807, 2.05) is 7.05 Å². The third-order valence-electron chi connectivity index (χ3n) is 4.54. The van der Waals surface area contributed by atoms with Crippen LogP contribution in [0.2, 0.25) is 0 Å².